The van der Waals surface area contributed by atoms with E-state index in [-0.39, 0.29) is 36.5 Å². The Bertz CT molecular complexity index is 688. The zero-order valence-corrected chi connectivity index (χ0v) is 12.7. The van der Waals surface area contributed by atoms with E-state index < -0.39 is 29.2 Å². The lowest BCUT2D eigenvalue weighted by molar-refractivity contribution is -0.136. The molecule has 0 saturated heterocycles. The number of rotatable bonds is 5. The summed E-state index contributed by atoms with van der Waals surface area (Å²) in [5.41, 5.74) is -0.632. The third kappa shape index (κ3) is 3.16. The van der Waals surface area contributed by atoms with Crippen molar-refractivity contribution in [2.45, 2.75) is 6.92 Å². The van der Waals surface area contributed by atoms with Crippen LogP contribution >= 0.6 is 0 Å². The van der Waals surface area contributed by atoms with Crippen LogP contribution in [0.15, 0.2) is 23.4 Å². The lowest BCUT2D eigenvalue weighted by atomic mass is 10.1. The fraction of sp³-hybridized carbons (Fsp3) is 0.333. The maximum atomic E-state index is 14.1. The molecule has 1 aliphatic heterocycles. The monoisotopic (exact) mass is 326 g/mol. The predicted molar refractivity (Wildman–Crippen MR) is 77.4 cm³/mol. The average molecular weight is 326 g/mol. The van der Waals surface area contributed by atoms with E-state index in [1.54, 1.807) is 0 Å². The maximum Gasteiger partial charge on any atom is 0.337 e. The molecule has 23 heavy (non-hydrogen) atoms. The SMILES string of the molecule is COC(=O)C1=C(Nc2c(F)ccc(C)c2F)C(=O)N(CCO)C1. The van der Waals surface area contributed by atoms with Gasteiger partial charge in [-0.3, -0.25) is 4.79 Å². The van der Waals surface area contributed by atoms with Crippen LogP contribution in [0.5, 0.6) is 0 Å². The number of β-amino-alcohol motifs (C(OH)–C–C–N with tert-alkyl or cyclic N) is 1. The number of aliphatic hydroxyl groups is 1. The summed E-state index contributed by atoms with van der Waals surface area (Å²) in [5.74, 6) is -3.16. The molecule has 0 bridgehead atoms. The topological polar surface area (TPSA) is 78.9 Å². The molecular weight excluding hydrogens is 310 g/mol. The van der Waals surface area contributed by atoms with Crippen LogP contribution in [-0.2, 0) is 14.3 Å². The molecule has 1 heterocycles. The van der Waals surface area contributed by atoms with Crippen LogP contribution in [-0.4, -0.2) is 48.7 Å². The molecule has 6 nitrogen and oxygen atoms in total. The molecule has 0 fully saturated rings. The average Bonchev–Trinajstić information content (AvgIpc) is 2.84. The minimum Gasteiger partial charge on any atom is -0.466 e. The highest BCUT2D eigenvalue weighted by Crippen LogP contribution is 2.27. The Hall–Kier alpha value is -2.48. The van der Waals surface area contributed by atoms with E-state index in [0.29, 0.717) is 0 Å². The van der Waals surface area contributed by atoms with Crippen LogP contribution in [0.3, 0.4) is 0 Å². The molecule has 0 unspecified atom stereocenters. The van der Waals surface area contributed by atoms with E-state index in [9.17, 15) is 18.4 Å². The van der Waals surface area contributed by atoms with Gasteiger partial charge >= 0.3 is 5.97 Å². The summed E-state index contributed by atoms with van der Waals surface area (Å²) in [6, 6.07) is 2.32. The van der Waals surface area contributed by atoms with Gasteiger partial charge < -0.3 is 20.1 Å². The molecular formula is C15H16F2N2O4. The molecule has 1 aromatic rings. The van der Waals surface area contributed by atoms with Crippen LogP contribution in [0.2, 0.25) is 0 Å². The molecule has 124 valence electrons. The second kappa shape index (κ2) is 6.74. The Kier molecular flexibility index (Phi) is 4.95. The Morgan fingerprint density at radius 1 is 1.43 bits per heavy atom. The number of esters is 1. The van der Waals surface area contributed by atoms with Crippen molar-refractivity contribution in [2.24, 2.45) is 0 Å². The van der Waals surface area contributed by atoms with Crippen LogP contribution in [0, 0.1) is 18.6 Å². The van der Waals surface area contributed by atoms with E-state index in [4.69, 9.17) is 5.11 Å². The van der Waals surface area contributed by atoms with Gasteiger partial charge in [0.25, 0.3) is 5.91 Å². The fourth-order valence-corrected chi connectivity index (χ4v) is 2.25. The smallest absolute Gasteiger partial charge is 0.337 e. The number of benzene rings is 1. The number of nitrogens with one attached hydrogen (secondary N) is 1. The van der Waals surface area contributed by atoms with Gasteiger partial charge in [-0.2, -0.15) is 0 Å². The number of methoxy groups -OCH3 is 1. The molecule has 0 atom stereocenters. The zero-order chi connectivity index (χ0) is 17.1. The summed E-state index contributed by atoms with van der Waals surface area (Å²) >= 11 is 0. The van der Waals surface area contributed by atoms with Crippen LogP contribution < -0.4 is 5.32 Å². The minimum atomic E-state index is -0.891. The van der Waals surface area contributed by atoms with Crippen LogP contribution in [0.25, 0.3) is 0 Å². The zero-order valence-electron chi connectivity index (χ0n) is 12.7. The Morgan fingerprint density at radius 2 is 2.13 bits per heavy atom. The fourth-order valence-electron chi connectivity index (χ4n) is 2.25. The quantitative estimate of drug-likeness (QED) is 0.788. The number of aryl methyl sites for hydroxylation is 1. The highest BCUT2D eigenvalue weighted by molar-refractivity contribution is 6.08. The normalized spacial score (nSPS) is 14.5. The van der Waals surface area contributed by atoms with Crippen molar-refractivity contribution in [1.29, 1.82) is 0 Å². The van der Waals surface area contributed by atoms with E-state index in [0.717, 1.165) is 13.2 Å². The minimum absolute atomic E-state index is 0.0106. The summed E-state index contributed by atoms with van der Waals surface area (Å²) in [4.78, 5) is 25.3. The van der Waals surface area contributed by atoms with Gasteiger partial charge in [0, 0.05) is 6.54 Å². The molecule has 0 aliphatic carbocycles. The first-order valence-corrected chi connectivity index (χ1v) is 6.84. The van der Waals surface area contributed by atoms with Gasteiger partial charge in [0.15, 0.2) is 5.82 Å². The lowest BCUT2D eigenvalue weighted by Crippen LogP contribution is -2.31. The van der Waals surface area contributed by atoms with Crippen molar-refractivity contribution >= 4 is 17.6 Å². The lowest BCUT2D eigenvalue weighted by Gasteiger charge is -2.15. The largest absolute Gasteiger partial charge is 0.466 e. The number of carbonyl (C=O) groups excluding carboxylic acids is 2. The number of aliphatic hydroxyl groups excluding tert-OH is 1. The summed E-state index contributed by atoms with van der Waals surface area (Å²) in [6.45, 7) is 1.03. The molecule has 2 rings (SSSR count). The van der Waals surface area contributed by atoms with Gasteiger partial charge in [-0.1, -0.05) is 6.07 Å². The summed E-state index contributed by atoms with van der Waals surface area (Å²) in [6.07, 6.45) is 0. The Balaban J connectivity index is 2.43. The number of nitrogens with zero attached hydrogens (tertiary/aromatic N) is 1. The molecule has 0 radical (unpaired) electrons. The summed E-state index contributed by atoms with van der Waals surface area (Å²) in [5, 5.41) is 11.3. The van der Waals surface area contributed by atoms with Gasteiger partial charge in [0.2, 0.25) is 0 Å². The molecule has 1 aromatic carbocycles. The number of hydrogen-bond donors (Lipinski definition) is 2. The molecule has 8 heteroatoms. The molecule has 0 spiro atoms. The van der Waals surface area contributed by atoms with Crippen molar-refractivity contribution in [3.8, 4) is 0 Å². The molecule has 1 amide bonds. The van der Waals surface area contributed by atoms with E-state index in [2.05, 4.69) is 10.1 Å². The van der Waals surface area contributed by atoms with Crippen molar-refractivity contribution in [2.75, 3.05) is 32.1 Å². The van der Waals surface area contributed by atoms with Crippen LogP contribution in [0.1, 0.15) is 5.56 Å². The summed E-state index contributed by atoms with van der Waals surface area (Å²) < 4.78 is 32.5. The van der Waals surface area contributed by atoms with Crippen molar-refractivity contribution in [1.82, 2.24) is 4.90 Å². The number of halogens is 2. The van der Waals surface area contributed by atoms with Crippen LogP contribution in [0.4, 0.5) is 14.5 Å². The van der Waals surface area contributed by atoms with Gasteiger partial charge in [0.05, 0.1) is 25.8 Å². The van der Waals surface area contributed by atoms with E-state index in [1.165, 1.54) is 17.9 Å². The predicted octanol–water partition coefficient (Wildman–Crippen LogP) is 0.947. The first-order chi connectivity index (χ1) is 10.9. The van der Waals surface area contributed by atoms with E-state index in [1.807, 2.05) is 0 Å². The van der Waals surface area contributed by atoms with Crippen molar-refractivity contribution < 1.29 is 28.2 Å². The maximum absolute atomic E-state index is 14.1. The number of ether oxygens (including phenoxy) is 1. The van der Waals surface area contributed by atoms with Crippen molar-refractivity contribution in [3.05, 3.63) is 40.6 Å². The van der Waals surface area contributed by atoms with Gasteiger partial charge in [0.1, 0.15) is 17.2 Å². The number of amides is 1. The number of carbonyl (C=O) groups is 2. The third-order valence-electron chi connectivity index (χ3n) is 3.49. The number of anilines is 1. The highest BCUT2D eigenvalue weighted by atomic mass is 19.1. The van der Waals surface area contributed by atoms with E-state index >= 15 is 0 Å². The number of hydrogen-bond acceptors (Lipinski definition) is 5. The summed E-state index contributed by atoms with van der Waals surface area (Å²) in [7, 11) is 1.14. The molecule has 0 aromatic heterocycles. The standard InChI is InChI=1S/C15H16F2N2O4/c1-8-3-4-10(16)13(11(8)17)18-12-9(15(22)23-2)7-19(5-6-20)14(12)21/h3-4,18,20H,5-7H2,1-2H3. The van der Waals surface area contributed by atoms with Gasteiger partial charge in [-0.15, -0.1) is 0 Å². The molecule has 0 saturated carbocycles. The van der Waals surface area contributed by atoms with Crippen molar-refractivity contribution in [3.63, 3.8) is 0 Å². The first kappa shape index (κ1) is 16.9. The second-order valence-corrected chi connectivity index (χ2v) is 4.97. The molecule has 2 N–H and O–H groups in total. The van der Waals surface area contributed by atoms with Gasteiger partial charge in [-0.05, 0) is 18.6 Å². The Labute approximate surface area is 131 Å². The third-order valence-corrected chi connectivity index (χ3v) is 3.49. The Morgan fingerprint density at radius 3 is 2.74 bits per heavy atom. The first-order valence-electron chi connectivity index (χ1n) is 6.84. The van der Waals surface area contributed by atoms with Gasteiger partial charge in [-0.25, -0.2) is 13.6 Å². The second-order valence-electron chi connectivity index (χ2n) is 4.97. The highest BCUT2D eigenvalue weighted by Gasteiger charge is 2.35. The molecule has 1 aliphatic rings.